The van der Waals surface area contributed by atoms with Crippen molar-refractivity contribution >= 4 is 5.82 Å². The zero-order valence-corrected chi connectivity index (χ0v) is 11.8. The molecule has 1 N–H and O–H groups in total. The summed E-state index contributed by atoms with van der Waals surface area (Å²) in [5.41, 5.74) is 1.97. The molecule has 0 spiro atoms. The largest absolute Gasteiger partial charge is 0.451 e. The van der Waals surface area contributed by atoms with Gasteiger partial charge in [0.1, 0.15) is 5.82 Å². The van der Waals surface area contributed by atoms with E-state index in [9.17, 15) is 13.2 Å². The number of halogens is 3. The van der Waals surface area contributed by atoms with Crippen LogP contribution < -0.4 is 5.32 Å². The van der Waals surface area contributed by atoms with Gasteiger partial charge in [-0.1, -0.05) is 25.1 Å². The highest BCUT2D eigenvalue weighted by Gasteiger charge is 2.35. The standard InChI is InChI=1S/C15H16F3N3/c1-3-10-6-5-7-11(8-10)12-9-13(19-4-2)21-14(20-12)15(16,17)18/h5-9H,3-4H2,1-2H3,(H,19,20,21). The Morgan fingerprint density at radius 3 is 2.48 bits per heavy atom. The average Bonchev–Trinajstić information content (AvgIpc) is 2.46. The van der Waals surface area contributed by atoms with Crippen molar-refractivity contribution < 1.29 is 13.2 Å². The average molecular weight is 295 g/mol. The van der Waals surface area contributed by atoms with Gasteiger partial charge in [-0.2, -0.15) is 13.2 Å². The minimum absolute atomic E-state index is 0.178. The molecule has 112 valence electrons. The second-order valence-electron chi connectivity index (χ2n) is 4.54. The molecule has 0 aliphatic carbocycles. The number of rotatable bonds is 4. The molecule has 0 aliphatic rings. The first-order valence-corrected chi connectivity index (χ1v) is 6.73. The van der Waals surface area contributed by atoms with Crippen LogP contribution in [0.25, 0.3) is 11.3 Å². The van der Waals surface area contributed by atoms with Crippen molar-refractivity contribution in [3.63, 3.8) is 0 Å². The Morgan fingerprint density at radius 1 is 1.10 bits per heavy atom. The summed E-state index contributed by atoms with van der Waals surface area (Å²) in [4.78, 5) is 7.17. The summed E-state index contributed by atoms with van der Waals surface area (Å²) in [7, 11) is 0. The molecule has 1 heterocycles. The maximum Gasteiger partial charge on any atom is 0.451 e. The van der Waals surface area contributed by atoms with E-state index in [1.165, 1.54) is 6.07 Å². The van der Waals surface area contributed by atoms with Gasteiger partial charge in [-0.05, 0) is 25.0 Å². The number of hydrogen-bond donors (Lipinski definition) is 1. The molecule has 0 unspecified atom stereocenters. The third-order valence-corrected chi connectivity index (χ3v) is 2.97. The number of aromatic nitrogens is 2. The molecule has 2 aromatic rings. The SMILES string of the molecule is CCNc1cc(-c2cccc(CC)c2)nc(C(F)(F)F)n1. The summed E-state index contributed by atoms with van der Waals surface area (Å²) in [6.45, 7) is 4.28. The van der Waals surface area contributed by atoms with Crippen LogP contribution in [0.1, 0.15) is 25.2 Å². The van der Waals surface area contributed by atoms with E-state index >= 15 is 0 Å². The Kier molecular flexibility index (Phi) is 4.45. The molecular weight excluding hydrogens is 279 g/mol. The van der Waals surface area contributed by atoms with E-state index in [-0.39, 0.29) is 11.5 Å². The van der Waals surface area contributed by atoms with E-state index in [1.807, 2.05) is 25.1 Å². The van der Waals surface area contributed by atoms with Gasteiger partial charge < -0.3 is 5.32 Å². The fourth-order valence-electron chi connectivity index (χ4n) is 1.94. The molecule has 0 amide bonds. The second kappa shape index (κ2) is 6.11. The smallest absolute Gasteiger partial charge is 0.370 e. The van der Waals surface area contributed by atoms with Crippen LogP contribution >= 0.6 is 0 Å². The van der Waals surface area contributed by atoms with Crippen LogP contribution in [0.4, 0.5) is 19.0 Å². The van der Waals surface area contributed by atoms with E-state index in [0.29, 0.717) is 12.1 Å². The summed E-state index contributed by atoms with van der Waals surface area (Å²) in [6.07, 6.45) is -3.76. The van der Waals surface area contributed by atoms with Crippen LogP contribution in [0.2, 0.25) is 0 Å². The van der Waals surface area contributed by atoms with Crippen molar-refractivity contribution in [2.75, 3.05) is 11.9 Å². The van der Waals surface area contributed by atoms with Crippen LogP contribution in [0, 0.1) is 0 Å². The van der Waals surface area contributed by atoms with Crippen molar-refractivity contribution in [2.45, 2.75) is 26.4 Å². The van der Waals surface area contributed by atoms with Gasteiger partial charge in [0.15, 0.2) is 0 Å². The van der Waals surface area contributed by atoms with E-state index < -0.39 is 12.0 Å². The van der Waals surface area contributed by atoms with Gasteiger partial charge in [0, 0.05) is 18.2 Å². The normalized spacial score (nSPS) is 11.5. The molecular formula is C15H16F3N3. The van der Waals surface area contributed by atoms with Crippen LogP contribution in [-0.4, -0.2) is 16.5 Å². The fourth-order valence-corrected chi connectivity index (χ4v) is 1.94. The number of nitrogens with zero attached hydrogens (tertiary/aromatic N) is 2. The molecule has 2 rings (SSSR count). The monoisotopic (exact) mass is 295 g/mol. The third-order valence-electron chi connectivity index (χ3n) is 2.97. The highest BCUT2D eigenvalue weighted by atomic mass is 19.4. The van der Waals surface area contributed by atoms with Gasteiger partial charge in [-0.3, -0.25) is 0 Å². The highest BCUT2D eigenvalue weighted by molar-refractivity contribution is 5.63. The first-order chi connectivity index (χ1) is 9.94. The summed E-state index contributed by atoms with van der Waals surface area (Å²) in [5, 5.41) is 2.81. The Balaban J connectivity index is 2.53. The van der Waals surface area contributed by atoms with E-state index in [4.69, 9.17) is 0 Å². The van der Waals surface area contributed by atoms with Crippen molar-refractivity contribution in [3.8, 4) is 11.3 Å². The number of aryl methyl sites for hydroxylation is 1. The van der Waals surface area contributed by atoms with Gasteiger partial charge in [0.2, 0.25) is 5.82 Å². The molecule has 0 radical (unpaired) electrons. The van der Waals surface area contributed by atoms with Gasteiger partial charge >= 0.3 is 6.18 Å². The lowest BCUT2D eigenvalue weighted by atomic mass is 10.1. The van der Waals surface area contributed by atoms with Gasteiger partial charge in [0.05, 0.1) is 5.69 Å². The summed E-state index contributed by atoms with van der Waals surface area (Å²) < 4.78 is 38.7. The number of hydrogen-bond acceptors (Lipinski definition) is 3. The topological polar surface area (TPSA) is 37.8 Å². The Morgan fingerprint density at radius 2 is 1.86 bits per heavy atom. The minimum Gasteiger partial charge on any atom is -0.370 e. The van der Waals surface area contributed by atoms with Gasteiger partial charge in [0.25, 0.3) is 0 Å². The van der Waals surface area contributed by atoms with Gasteiger partial charge in [-0.25, -0.2) is 9.97 Å². The van der Waals surface area contributed by atoms with Crippen LogP contribution in [0.15, 0.2) is 30.3 Å². The third kappa shape index (κ3) is 3.71. The zero-order chi connectivity index (χ0) is 15.5. The lowest BCUT2D eigenvalue weighted by Crippen LogP contribution is -2.13. The zero-order valence-electron chi connectivity index (χ0n) is 11.8. The summed E-state index contributed by atoms with van der Waals surface area (Å²) in [5.74, 6) is -0.949. The van der Waals surface area contributed by atoms with Crippen LogP contribution in [0.5, 0.6) is 0 Å². The highest BCUT2D eigenvalue weighted by Crippen LogP contribution is 2.30. The lowest BCUT2D eigenvalue weighted by Gasteiger charge is -2.11. The van der Waals surface area contributed by atoms with E-state index in [2.05, 4.69) is 15.3 Å². The number of benzene rings is 1. The number of nitrogens with one attached hydrogen (secondary N) is 1. The molecule has 0 saturated carbocycles. The van der Waals surface area contributed by atoms with Gasteiger partial charge in [-0.15, -0.1) is 0 Å². The predicted octanol–water partition coefficient (Wildman–Crippen LogP) is 4.16. The van der Waals surface area contributed by atoms with Crippen LogP contribution in [0.3, 0.4) is 0 Å². The fraction of sp³-hybridized carbons (Fsp3) is 0.333. The Hall–Kier alpha value is -2.11. The number of anilines is 1. The summed E-state index contributed by atoms with van der Waals surface area (Å²) in [6, 6.07) is 8.88. The number of alkyl halides is 3. The molecule has 0 saturated heterocycles. The molecule has 0 fully saturated rings. The minimum atomic E-state index is -4.57. The Bertz CT molecular complexity index is 624. The second-order valence-corrected chi connectivity index (χ2v) is 4.54. The van der Waals surface area contributed by atoms with E-state index in [1.54, 1.807) is 13.0 Å². The molecule has 0 aliphatic heterocycles. The molecule has 3 nitrogen and oxygen atoms in total. The van der Waals surface area contributed by atoms with Crippen molar-refractivity contribution in [1.29, 1.82) is 0 Å². The predicted molar refractivity (Wildman–Crippen MR) is 76.0 cm³/mol. The van der Waals surface area contributed by atoms with Crippen LogP contribution in [-0.2, 0) is 12.6 Å². The van der Waals surface area contributed by atoms with Crippen molar-refractivity contribution in [2.24, 2.45) is 0 Å². The molecule has 0 bridgehead atoms. The summed E-state index contributed by atoms with van der Waals surface area (Å²) >= 11 is 0. The molecule has 0 atom stereocenters. The molecule has 1 aromatic carbocycles. The molecule has 6 heteroatoms. The van der Waals surface area contributed by atoms with Crippen molar-refractivity contribution in [3.05, 3.63) is 41.7 Å². The molecule has 1 aromatic heterocycles. The Labute approximate surface area is 121 Å². The first-order valence-electron chi connectivity index (χ1n) is 6.73. The van der Waals surface area contributed by atoms with E-state index in [0.717, 1.165) is 12.0 Å². The molecule has 21 heavy (non-hydrogen) atoms. The van der Waals surface area contributed by atoms with Crippen molar-refractivity contribution in [1.82, 2.24) is 9.97 Å². The first kappa shape index (κ1) is 15.3. The quantitative estimate of drug-likeness (QED) is 0.920. The maximum absolute atomic E-state index is 12.9. The lowest BCUT2D eigenvalue weighted by molar-refractivity contribution is -0.144. The maximum atomic E-state index is 12.9.